The van der Waals surface area contributed by atoms with Gasteiger partial charge in [-0.15, -0.1) is 0 Å². The van der Waals surface area contributed by atoms with Crippen molar-refractivity contribution in [2.24, 2.45) is 0 Å². The molecule has 4 heteroatoms. The van der Waals surface area contributed by atoms with Crippen molar-refractivity contribution in [3.05, 3.63) is 23.8 Å². The Balaban J connectivity index is 2.95. The summed E-state index contributed by atoms with van der Waals surface area (Å²) in [6.45, 7) is 4.88. The third kappa shape index (κ3) is 3.61. The minimum Gasteiger partial charge on any atom is -0.507 e. The van der Waals surface area contributed by atoms with Crippen molar-refractivity contribution in [2.75, 3.05) is 32.2 Å². The molecule has 17 heavy (non-hydrogen) atoms. The van der Waals surface area contributed by atoms with Crippen LogP contribution >= 0.6 is 0 Å². The van der Waals surface area contributed by atoms with E-state index in [1.54, 1.807) is 6.07 Å². The maximum absolute atomic E-state index is 9.98. The number of anilines is 1. The molecule has 0 atom stereocenters. The van der Waals surface area contributed by atoms with Gasteiger partial charge in [0.15, 0.2) is 6.29 Å². The molecule has 0 heterocycles. The number of ether oxygens (including phenoxy) is 2. The average molecular weight is 239 g/mol. The fourth-order valence-corrected chi connectivity index (χ4v) is 1.54. The van der Waals surface area contributed by atoms with Crippen LogP contribution in [0.5, 0.6) is 5.75 Å². The lowest BCUT2D eigenvalue weighted by atomic mass is 10.1. The third-order valence-electron chi connectivity index (χ3n) is 2.42. The summed E-state index contributed by atoms with van der Waals surface area (Å²) in [6.07, 6.45) is -0.499. The number of rotatable bonds is 6. The van der Waals surface area contributed by atoms with E-state index in [1.807, 2.05) is 45.0 Å². The van der Waals surface area contributed by atoms with E-state index in [2.05, 4.69) is 0 Å². The van der Waals surface area contributed by atoms with Gasteiger partial charge in [-0.2, -0.15) is 0 Å². The molecule has 1 aromatic carbocycles. The van der Waals surface area contributed by atoms with Crippen LogP contribution in [0.15, 0.2) is 18.2 Å². The van der Waals surface area contributed by atoms with Crippen molar-refractivity contribution in [1.29, 1.82) is 0 Å². The highest BCUT2D eigenvalue weighted by Gasteiger charge is 2.16. The fourth-order valence-electron chi connectivity index (χ4n) is 1.54. The first-order valence-electron chi connectivity index (χ1n) is 5.83. The highest BCUT2D eigenvalue weighted by atomic mass is 16.7. The van der Waals surface area contributed by atoms with Crippen LogP contribution in [0.4, 0.5) is 5.69 Å². The summed E-state index contributed by atoms with van der Waals surface area (Å²) in [4.78, 5) is 1.93. The summed E-state index contributed by atoms with van der Waals surface area (Å²) in [6, 6.07) is 5.47. The summed E-state index contributed by atoms with van der Waals surface area (Å²) in [5, 5.41) is 9.98. The third-order valence-corrected chi connectivity index (χ3v) is 2.42. The lowest BCUT2D eigenvalue weighted by Gasteiger charge is -2.20. The van der Waals surface area contributed by atoms with Gasteiger partial charge in [0.1, 0.15) is 5.75 Å². The molecule has 0 spiro atoms. The zero-order chi connectivity index (χ0) is 12.8. The second-order valence-electron chi connectivity index (χ2n) is 3.88. The van der Waals surface area contributed by atoms with E-state index < -0.39 is 6.29 Å². The number of hydrogen-bond acceptors (Lipinski definition) is 4. The molecule has 0 saturated heterocycles. The zero-order valence-corrected chi connectivity index (χ0v) is 10.9. The first-order chi connectivity index (χ1) is 8.10. The van der Waals surface area contributed by atoms with Gasteiger partial charge in [0.25, 0.3) is 0 Å². The monoisotopic (exact) mass is 239 g/mol. The number of nitrogens with zero attached hydrogens (tertiary/aromatic N) is 1. The predicted molar refractivity (Wildman–Crippen MR) is 68.4 cm³/mol. The van der Waals surface area contributed by atoms with Crippen LogP contribution in [0.1, 0.15) is 25.7 Å². The SMILES string of the molecule is CCOC(OCC)c1ccc(N(C)C)cc1O. The van der Waals surface area contributed by atoms with Gasteiger partial charge in [-0.1, -0.05) is 0 Å². The quantitative estimate of drug-likeness (QED) is 0.775. The van der Waals surface area contributed by atoms with E-state index in [9.17, 15) is 5.11 Å². The Hall–Kier alpha value is -1.26. The Kier molecular flexibility index (Phi) is 5.25. The lowest BCUT2D eigenvalue weighted by Crippen LogP contribution is -2.11. The zero-order valence-electron chi connectivity index (χ0n) is 10.9. The fraction of sp³-hybridized carbons (Fsp3) is 0.538. The van der Waals surface area contributed by atoms with Crippen LogP contribution in [0.2, 0.25) is 0 Å². The summed E-state index contributed by atoms with van der Waals surface area (Å²) < 4.78 is 10.9. The number of phenols is 1. The van der Waals surface area contributed by atoms with Crippen molar-refractivity contribution in [2.45, 2.75) is 20.1 Å². The standard InChI is InChI=1S/C13H21NO3/c1-5-16-13(17-6-2)11-8-7-10(14(3)4)9-12(11)15/h7-9,13,15H,5-6H2,1-4H3. The molecule has 1 rings (SSSR count). The molecular formula is C13H21NO3. The molecule has 0 aliphatic rings. The average Bonchev–Trinajstić information content (AvgIpc) is 2.28. The van der Waals surface area contributed by atoms with E-state index in [0.29, 0.717) is 18.8 Å². The largest absolute Gasteiger partial charge is 0.507 e. The summed E-state index contributed by atoms with van der Waals surface area (Å²) in [5.41, 5.74) is 1.61. The Labute approximate surface area is 103 Å². The van der Waals surface area contributed by atoms with Gasteiger partial charge in [0, 0.05) is 44.6 Å². The molecule has 0 aliphatic heterocycles. The maximum atomic E-state index is 9.98. The molecular weight excluding hydrogens is 218 g/mol. The number of benzene rings is 1. The van der Waals surface area contributed by atoms with Gasteiger partial charge in [-0.05, 0) is 26.0 Å². The molecule has 0 radical (unpaired) electrons. The molecule has 0 fully saturated rings. The van der Waals surface area contributed by atoms with E-state index in [4.69, 9.17) is 9.47 Å². The van der Waals surface area contributed by atoms with Crippen LogP contribution in [0.25, 0.3) is 0 Å². The van der Waals surface area contributed by atoms with Gasteiger partial charge >= 0.3 is 0 Å². The van der Waals surface area contributed by atoms with Crippen molar-refractivity contribution >= 4 is 5.69 Å². The highest BCUT2D eigenvalue weighted by Crippen LogP contribution is 2.31. The second kappa shape index (κ2) is 6.47. The van der Waals surface area contributed by atoms with E-state index >= 15 is 0 Å². The van der Waals surface area contributed by atoms with Gasteiger partial charge in [0.2, 0.25) is 0 Å². The molecule has 0 saturated carbocycles. The molecule has 0 unspecified atom stereocenters. The first kappa shape index (κ1) is 13.8. The van der Waals surface area contributed by atoms with Gasteiger partial charge in [-0.25, -0.2) is 0 Å². The van der Waals surface area contributed by atoms with Crippen LogP contribution in [0, 0.1) is 0 Å². The Bertz CT molecular complexity index is 347. The van der Waals surface area contributed by atoms with Gasteiger partial charge in [0.05, 0.1) is 0 Å². The molecule has 0 bridgehead atoms. The first-order valence-corrected chi connectivity index (χ1v) is 5.83. The molecule has 1 N–H and O–H groups in total. The topological polar surface area (TPSA) is 41.9 Å². The molecule has 4 nitrogen and oxygen atoms in total. The summed E-state index contributed by atoms with van der Waals surface area (Å²) in [5.74, 6) is 0.197. The summed E-state index contributed by atoms with van der Waals surface area (Å²) in [7, 11) is 3.86. The molecule has 96 valence electrons. The van der Waals surface area contributed by atoms with Crippen molar-refractivity contribution in [1.82, 2.24) is 0 Å². The normalized spacial score (nSPS) is 10.9. The van der Waals surface area contributed by atoms with Gasteiger partial charge < -0.3 is 19.5 Å². The number of aromatic hydroxyl groups is 1. The molecule has 0 amide bonds. The Morgan fingerprint density at radius 1 is 1.18 bits per heavy atom. The van der Waals surface area contributed by atoms with Crippen LogP contribution in [0.3, 0.4) is 0 Å². The van der Waals surface area contributed by atoms with Gasteiger partial charge in [-0.3, -0.25) is 0 Å². The van der Waals surface area contributed by atoms with Crippen LogP contribution in [-0.2, 0) is 9.47 Å². The van der Waals surface area contributed by atoms with Crippen molar-refractivity contribution < 1.29 is 14.6 Å². The maximum Gasteiger partial charge on any atom is 0.187 e. The Morgan fingerprint density at radius 3 is 2.18 bits per heavy atom. The molecule has 1 aromatic rings. The van der Waals surface area contributed by atoms with Crippen LogP contribution in [-0.4, -0.2) is 32.4 Å². The minimum absolute atomic E-state index is 0.197. The second-order valence-corrected chi connectivity index (χ2v) is 3.88. The van der Waals surface area contributed by atoms with E-state index in [1.165, 1.54) is 0 Å². The van der Waals surface area contributed by atoms with E-state index in [0.717, 1.165) is 5.69 Å². The van der Waals surface area contributed by atoms with Crippen LogP contribution < -0.4 is 4.90 Å². The number of hydrogen-bond donors (Lipinski definition) is 1. The minimum atomic E-state index is -0.499. The Morgan fingerprint density at radius 2 is 1.76 bits per heavy atom. The van der Waals surface area contributed by atoms with Crippen molar-refractivity contribution in [3.8, 4) is 5.75 Å². The number of phenolic OH excluding ortho intramolecular Hbond substituents is 1. The predicted octanol–water partition coefficient (Wildman–Crippen LogP) is 2.53. The lowest BCUT2D eigenvalue weighted by molar-refractivity contribution is -0.141. The van der Waals surface area contributed by atoms with E-state index in [-0.39, 0.29) is 5.75 Å². The smallest absolute Gasteiger partial charge is 0.187 e. The summed E-state index contributed by atoms with van der Waals surface area (Å²) >= 11 is 0. The van der Waals surface area contributed by atoms with Crippen molar-refractivity contribution in [3.63, 3.8) is 0 Å². The molecule has 0 aromatic heterocycles. The molecule has 0 aliphatic carbocycles. The highest BCUT2D eigenvalue weighted by molar-refractivity contribution is 5.52.